The van der Waals surface area contributed by atoms with E-state index in [1.165, 1.54) is 12.1 Å². The van der Waals surface area contributed by atoms with Crippen LogP contribution >= 0.6 is 0 Å². The van der Waals surface area contributed by atoms with Gasteiger partial charge in [-0.3, -0.25) is 4.79 Å². The van der Waals surface area contributed by atoms with Gasteiger partial charge in [0.25, 0.3) is 0 Å². The van der Waals surface area contributed by atoms with Crippen LogP contribution in [-0.4, -0.2) is 38.8 Å². The number of amides is 1. The molecule has 0 spiro atoms. The normalized spacial score (nSPS) is 14.2. The molecule has 1 heterocycles. The first-order chi connectivity index (χ1) is 12.2. The molecule has 2 aromatic rings. The molecule has 25 heavy (non-hydrogen) atoms. The number of ether oxygens (including phenoxy) is 1. The molecule has 6 heteroatoms. The summed E-state index contributed by atoms with van der Waals surface area (Å²) >= 11 is 0. The molecule has 132 valence electrons. The number of hydrogen-bond donors (Lipinski definition) is 2. The lowest BCUT2D eigenvalue weighted by atomic mass is 10.2. The molecule has 0 unspecified atom stereocenters. The van der Waals surface area contributed by atoms with Crippen molar-refractivity contribution in [3.8, 4) is 0 Å². The highest BCUT2D eigenvalue weighted by Crippen LogP contribution is 2.26. The van der Waals surface area contributed by atoms with E-state index >= 15 is 0 Å². The van der Waals surface area contributed by atoms with Crippen LogP contribution in [0.1, 0.15) is 5.56 Å². The largest absolute Gasteiger partial charge is 0.378 e. The first kappa shape index (κ1) is 17.2. The van der Waals surface area contributed by atoms with E-state index in [-0.39, 0.29) is 18.3 Å². The molecule has 1 aliphatic rings. The topological polar surface area (TPSA) is 53.6 Å². The van der Waals surface area contributed by atoms with Crippen LogP contribution in [0.3, 0.4) is 0 Å². The lowest BCUT2D eigenvalue weighted by Crippen LogP contribution is -2.37. The van der Waals surface area contributed by atoms with Crippen molar-refractivity contribution in [1.29, 1.82) is 0 Å². The minimum Gasteiger partial charge on any atom is -0.378 e. The third kappa shape index (κ3) is 4.93. The molecule has 1 aliphatic heterocycles. The Bertz CT molecular complexity index is 700. The molecule has 0 radical (unpaired) electrons. The summed E-state index contributed by atoms with van der Waals surface area (Å²) in [6.45, 7) is 3.68. The molecule has 0 bridgehead atoms. The molecule has 5 nitrogen and oxygen atoms in total. The van der Waals surface area contributed by atoms with Gasteiger partial charge in [-0.25, -0.2) is 4.39 Å². The SMILES string of the molecule is O=C(CNc1ccccc1N1CCOCC1)NCc1ccc(F)cc1. The van der Waals surface area contributed by atoms with Crippen LogP contribution in [0.4, 0.5) is 15.8 Å². The lowest BCUT2D eigenvalue weighted by molar-refractivity contribution is -0.119. The Morgan fingerprint density at radius 2 is 1.80 bits per heavy atom. The predicted octanol–water partition coefficient (Wildman–Crippen LogP) is 2.39. The van der Waals surface area contributed by atoms with Gasteiger partial charge in [0.1, 0.15) is 5.82 Å². The van der Waals surface area contributed by atoms with Gasteiger partial charge < -0.3 is 20.3 Å². The van der Waals surface area contributed by atoms with Crippen molar-refractivity contribution in [3.05, 3.63) is 59.9 Å². The first-order valence-corrected chi connectivity index (χ1v) is 8.39. The van der Waals surface area contributed by atoms with E-state index in [9.17, 15) is 9.18 Å². The number of halogens is 1. The monoisotopic (exact) mass is 343 g/mol. The number of benzene rings is 2. The van der Waals surface area contributed by atoms with Crippen LogP contribution in [-0.2, 0) is 16.1 Å². The van der Waals surface area contributed by atoms with Crippen molar-refractivity contribution in [3.63, 3.8) is 0 Å². The highest BCUT2D eigenvalue weighted by molar-refractivity contribution is 5.82. The highest BCUT2D eigenvalue weighted by Gasteiger charge is 2.14. The van der Waals surface area contributed by atoms with Gasteiger partial charge in [0.05, 0.1) is 31.1 Å². The maximum Gasteiger partial charge on any atom is 0.239 e. The van der Waals surface area contributed by atoms with E-state index in [4.69, 9.17) is 4.74 Å². The van der Waals surface area contributed by atoms with Crippen molar-refractivity contribution >= 4 is 17.3 Å². The number of nitrogens with one attached hydrogen (secondary N) is 2. The van der Waals surface area contributed by atoms with Crippen LogP contribution < -0.4 is 15.5 Å². The van der Waals surface area contributed by atoms with Crippen LogP contribution in [0.15, 0.2) is 48.5 Å². The summed E-state index contributed by atoms with van der Waals surface area (Å²) in [6.07, 6.45) is 0. The van der Waals surface area contributed by atoms with Gasteiger partial charge in [0.2, 0.25) is 5.91 Å². The van der Waals surface area contributed by atoms with Gasteiger partial charge in [-0.1, -0.05) is 24.3 Å². The van der Waals surface area contributed by atoms with E-state index in [0.29, 0.717) is 19.8 Å². The summed E-state index contributed by atoms with van der Waals surface area (Å²) in [5.41, 5.74) is 2.88. The number of carbonyl (C=O) groups is 1. The number of carbonyl (C=O) groups excluding carboxylic acids is 1. The second-order valence-corrected chi connectivity index (χ2v) is 5.87. The summed E-state index contributed by atoms with van der Waals surface area (Å²) in [4.78, 5) is 14.3. The summed E-state index contributed by atoms with van der Waals surface area (Å²) in [5.74, 6) is -0.391. The second kappa shape index (κ2) is 8.48. The van der Waals surface area contributed by atoms with E-state index in [1.807, 2.05) is 24.3 Å². The molecular weight excluding hydrogens is 321 g/mol. The van der Waals surface area contributed by atoms with Crippen LogP contribution in [0.25, 0.3) is 0 Å². The van der Waals surface area contributed by atoms with Crippen molar-refractivity contribution in [2.75, 3.05) is 43.1 Å². The number of nitrogens with zero attached hydrogens (tertiary/aromatic N) is 1. The Labute approximate surface area is 146 Å². The summed E-state index contributed by atoms with van der Waals surface area (Å²) in [5, 5.41) is 6.03. The molecule has 1 amide bonds. The van der Waals surface area contributed by atoms with Crippen LogP contribution in [0, 0.1) is 5.82 Å². The average molecular weight is 343 g/mol. The van der Waals surface area contributed by atoms with Gasteiger partial charge >= 0.3 is 0 Å². The molecular formula is C19H22FN3O2. The third-order valence-electron chi connectivity index (χ3n) is 4.10. The molecule has 1 saturated heterocycles. The second-order valence-electron chi connectivity index (χ2n) is 5.87. The third-order valence-corrected chi connectivity index (χ3v) is 4.10. The zero-order valence-corrected chi connectivity index (χ0v) is 14.0. The Morgan fingerprint density at radius 1 is 1.08 bits per heavy atom. The highest BCUT2D eigenvalue weighted by atomic mass is 19.1. The molecule has 3 rings (SSSR count). The van der Waals surface area contributed by atoms with E-state index in [1.54, 1.807) is 12.1 Å². The number of hydrogen-bond acceptors (Lipinski definition) is 4. The van der Waals surface area contributed by atoms with E-state index in [0.717, 1.165) is 30.0 Å². The van der Waals surface area contributed by atoms with Crippen molar-refractivity contribution in [2.24, 2.45) is 0 Å². The molecule has 1 fully saturated rings. The maximum atomic E-state index is 12.9. The van der Waals surface area contributed by atoms with Gasteiger partial charge in [0.15, 0.2) is 0 Å². The summed E-state index contributed by atoms with van der Waals surface area (Å²) in [6, 6.07) is 14.1. The Hall–Kier alpha value is -2.60. The van der Waals surface area contributed by atoms with Crippen LogP contribution in [0.5, 0.6) is 0 Å². The Morgan fingerprint density at radius 3 is 2.56 bits per heavy atom. The number of morpholine rings is 1. The Balaban J connectivity index is 1.52. The molecule has 2 aromatic carbocycles. The molecule has 2 N–H and O–H groups in total. The summed E-state index contributed by atoms with van der Waals surface area (Å²) < 4.78 is 18.3. The zero-order chi connectivity index (χ0) is 17.5. The minimum atomic E-state index is -0.281. The maximum absolute atomic E-state index is 12.9. The van der Waals surface area contributed by atoms with E-state index in [2.05, 4.69) is 15.5 Å². The molecule has 0 aromatic heterocycles. The van der Waals surface area contributed by atoms with Crippen LogP contribution in [0.2, 0.25) is 0 Å². The molecule has 0 atom stereocenters. The fraction of sp³-hybridized carbons (Fsp3) is 0.316. The minimum absolute atomic E-state index is 0.110. The van der Waals surface area contributed by atoms with Crippen molar-refractivity contribution < 1.29 is 13.9 Å². The smallest absolute Gasteiger partial charge is 0.239 e. The molecule has 0 aliphatic carbocycles. The van der Waals surface area contributed by atoms with Crippen molar-refractivity contribution in [2.45, 2.75) is 6.54 Å². The van der Waals surface area contributed by atoms with E-state index < -0.39 is 0 Å². The number of para-hydroxylation sites is 2. The standard InChI is InChI=1S/C19H22FN3O2/c20-16-7-5-15(6-8-16)13-22-19(24)14-21-17-3-1-2-4-18(17)23-9-11-25-12-10-23/h1-8,21H,9-14H2,(H,22,24). The van der Waals surface area contributed by atoms with Crippen molar-refractivity contribution in [1.82, 2.24) is 5.32 Å². The van der Waals surface area contributed by atoms with Gasteiger partial charge in [-0.15, -0.1) is 0 Å². The quantitative estimate of drug-likeness (QED) is 0.846. The lowest BCUT2D eigenvalue weighted by Gasteiger charge is -2.30. The fourth-order valence-corrected chi connectivity index (χ4v) is 2.74. The fourth-order valence-electron chi connectivity index (χ4n) is 2.74. The predicted molar refractivity (Wildman–Crippen MR) is 96.2 cm³/mol. The summed E-state index contributed by atoms with van der Waals surface area (Å²) in [7, 11) is 0. The van der Waals surface area contributed by atoms with Gasteiger partial charge in [-0.05, 0) is 29.8 Å². The average Bonchev–Trinajstić information content (AvgIpc) is 2.67. The Kier molecular flexibility index (Phi) is 5.85. The van der Waals surface area contributed by atoms with Gasteiger partial charge in [0, 0.05) is 19.6 Å². The first-order valence-electron chi connectivity index (χ1n) is 8.39. The zero-order valence-electron chi connectivity index (χ0n) is 14.0. The molecule has 0 saturated carbocycles. The van der Waals surface area contributed by atoms with Gasteiger partial charge in [-0.2, -0.15) is 0 Å². The number of anilines is 2. The number of rotatable bonds is 6.